The number of pyridine rings is 2. The summed E-state index contributed by atoms with van der Waals surface area (Å²) in [6, 6.07) is 2.97. The van der Waals surface area contributed by atoms with Crippen LogP contribution in [0.15, 0.2) is 6.07 Å². The molecule has 222 valence electrons. The van der Waals surface area contributed by atoms with Crippen molar-refractivity contribution in [3.63, 3.8) is 0 Å². The number of hydrogen-bond acceptors (Lipinski definition) is 7. The van der Waals surface area contributed by atoms with Crippen molar-refractivity contribution in [3.8, 4) is 17.3 Å². The number of hydrogen-bond donors (Lipinski definition) is 1. The predicted octanol–water partition coefficient (Wildman–Crippen LogP) is 5.91. The third-order valence-corrected chi connectivity index (χ3v) is 8.18. The van der Waals surface area contributed by atoms with E-state index < -0.39 is 34.4 Å². The number of ether oxygens (including phenoxy) is 1. The Morgan fingerprint density at radius 2 is 1.86 bits per heavy atom. The molecule has 0 spiro atoms. The lowest BCUT2D eigenvalue weighted by Crippen LogP contribution is -2.36. The predicted molar refractivity (Wildman–Crippen MR) is 145 cm³/mol. The van der Waals surface area contributed by atoms with Crippen LogP contribution in [0.2, 0.25) is 0 Å². The van der Waals surface area contributed by atoms with Gasteiger partial charge in [0.1, 0.15) is 22.6 Å². The first kappa shape index (κ1) is 28.2. The van der Waals surface area contributed by atoms with E-state index in [1.54, 1.807) is 30.4 Å². The van der Waals surface area contributed by atoms with Gasteiger partial charge in [-0.3, -0.25) is 4.68 Å². The van der Waals surface area contributed by atoms with Crippen LogP contribution >= 0.6 is 0 Å². The van der Waals surface area contributed by atoms with Crippen molar-refractivity contribution in [1.82, 2.24) is 24.6 Å². The van der Waals surface area contributed by atoms with Gasteiger partial charge < -0.3 is 15.4 Å². The molecule has 3 aromatic heterocycles. The number of anilines is 1. The first-order valence-corrected chi connectivity index (χ1v) is 14.0. The molecule has 0 bridgehead atoms. The number of carbonyl (C=O) groups is 1. The fourth-order valence-corrected chi connectivity index (χ4v) is 6.30. The van der Waals surface area contributed by atoms with E-state index in [0.717, 1.165) is 18.9 Å². The number of likely N-dealkylation sites (tertiary alicyclic amines) is 1. The highest BCUT2D eigenvalue weighted by molar-refractivity contribution is 5.90. The number of nitrogens with two attached hydrogens (primary N) is 1. The van der Waals surface area contributed by atoms with Crippen LogP contribution in [-0.2, 0) is 17.3 Å². The number of carbonyl (C=O) groups excluding carboxylic acids is 1. The lowest BCUT2D eigenvalue weighted by molar-refractivity contribution is -0.137. The number of aryl methyl sites for hydroxylation is 2. The SMILES string of the molecule is Cc1nc(N)cc(-c2nc(CCC#N)c3c(C4C5CN(C(=O)OC(C)(C)C)CC54)nn(C4CC4)c3c2F)c1C(F)(F)F. The van der Waals surface area contributed by atoms with Crippen molar-refractivity contribution < 1.29 is 27.1 Å². The van der Waals surface area contributed by atoms with Gasteiger partial charge in [0.25, 0.3) is 0 Å². The monoisotopic (exact) mass is 585 g/mol. The number of aromatic nitrogens is 4. The topological polar surface area (TPSA) is 123 Å². The molecule has 9 nitrogen and oxygen atoms in total. The second kappa shape index (κ2) is 9.54. The van der Waals surface area contributed by atoms with Crippen molar-refractivity contribution in [1.29, 1.82) is 5.26 Å². The fourth-order valence-electron chi connectivity index (χ4n) is 6.30. The number of rotatable bonds is 5. The Hall–Kier alpha value is -3.95. The third kappa shape index (κ3) is 4.80. The highest BCUT2D eigenvalue weighted by Gasteiger charge is 2.59. The molecule has 2 saturated carbocycles. The minimum absolute atomic E-state index is 0.0365. The van der Waals surface area contributed by atoms with Crippen LogP contribution in [0.3, 0.4) is 0 Å². The minimum atomic E-state index is -4.83. The molecule has 3 aliphatic rings. The van der Waals surface area contributed by atoms with Crippen molar-refractivity contribution in [3.05, 3.63) is 34.5 Å². The summed E-state index contributed by atoms with van der Waals surface area (Å²) in [4.78, 5) is 22.5. The van der Waals surface area contributed by atoms with Crippen LogP contribution < -0.4 is 5.73 Å². The Balaban J connectivity index is 1.48. The lowest BCUT2D eigenvalue weighted by Gasteiger charge is -2.25. The first-order valence-electron chi connectivity index (χ1n) is 14.0. The van der Waals surface area contributed by atoms with E-state index >= 15 is 4.39 Å². The molecule has 2 unspecified atom stereocenters. The number of piperidine rings is 1. The molecule has 2 atom stereocenters. The first-order chi connectivity index (χ1) is 19.7. The number of halogens is 4. The summed E-state index contributed by atoms with van der Waals surface area (Å²) in [5, 5.41) is 14.7. The molecule has 1 amide bonds. The zero-order valence-electron chi connectivity index (χ0n) is 23.7. The second-order valence-corrected chi connectivity index (χ2v) is 12.5. The van der Waals surface area contributed by atoms with E-state index in [4.69, 9.17) is 15.6 Å². The van der Waals surface area contributed by atoms with Gasteiger partial charge in [-0.1, -0.05) is 0 Å². The van der Waals surface area contributed by atoms with E-state index in [2.05, 4.69) is 16.0 Å². The molecule has 2 aliphatic carbocycles. The van der Waals surface area contributed by atoms with Gasteiger partial charge in [-0.05, 0) is 58.4 Å². The van der Waals surface area contributed by atoms with Crippen molar-refractivity contribution in [2.75, 3.05) is 18.8 Å². The maximum absolute atomic E-state index is 16.6. The van der Waals surface area contributed by atoms with Gasteiger partial charge >= 0.3 is 12.3 Å². The molecular weight excluding hydrogens is 554 g/mol. The molecule has 4 heterocycles. The van der Waals surface area contributed by atoms with Crippen LogP contribution in [0.5, 0.6) is 0 Å². The summed E-state index contributed by atoms with van der Waals surface area (Å²) in [5.41, 5.74) is 3.78. The maximum atomic E-state index is 16.6. The minimum Gasteiger partial charge on any atom is -0.444 e. The van der Waals surface area contributed by atoms with Gasteiger partial charge in [-0.2, -0.15) is 23.5 Å². The summed E-state index contributed by atoms with van der Waals surface area (Å²) in [5.74, 6) is -0.979. The van der Waals surface area contributed by atoms with Gasteiger partial charge in [-0.15, -0.1) is 0 Å². The maximum Gasteiger partial charge on any atom is 0.418 e. The van der Waals surface area contributed by atoms with E-state index in [-0.39, 0.29) is 59.8 Å². The Kier molecular flexibility index (Phi) is 6.40. The average molecular weight is 586 g/mol. The number of fused-ring (bicyclic) bond motifs is 2. The molecule has 42 heavy (non-hydrogen) atoms. The number of alkyl halides is 3. The Morgan fingerprint density at radius 1 is 1.19 bits per heavy atom. The van der Waals surface area contributed by atoms with Gasteiger partial charge in [0.15, 0.2) is 5.82 Å². The van der Waals surface area contributed by atoms with Crippen LogP contribution in [0, 0.1) is 35.9 Å². The normalized spacial score (nSPS) is 21.9. The van der Waals surface area contributed by atoms with Gasteiger partial charge in [0, 0.05) is 42.8 Å². The van der Waals surface area contributed by atoms with Gasteiger partial charge in [0.05, 0.1) is 34.8 Å². The standard InChI is InChI=1S/C29H31F4N7O2/c1-13-22(29(31,32)33)15(10-19(35)36-13)24-23(30)26-21(18(37-24)6-5-9-34)25(38-40(26)14-7-8-14)20-16-11-39(12-17(16)20)27(41)42-28(2,3)4/h10,14,16-17,20H,5-8,11-12H2,1-4H3,(H2,35,36). The Morgan fingerprint density at radius 3 is 2.43 bits per heavy atom. The van der Waals surface area contributed by atoms with E-state index in [0.29, 0.717) is 29.9 Å². The summed E-state index contributed by atoms with van der Waals surface area (Å²) in [6.45, 7) is 7.52. The number of nitrogens with zero attached hydrogens (tertiary/aromatic N) is 6. The quantitative estimate of drug-likeness (QED) is 0.369. The lowest BCUT2D eigenvalue weighted by atomic mass is 9.98. The van der Waals surface area contributed by atoms with Crippen LogP contribution in [-0.4, -0.2) is 49.4 Å². The molecule has 6 rings (SSSR count). The van der Waals surface area contributed by atoms with E-state index in [9.17, 15) is 23.2 Å². The number of nitriles is 1. The molecule has 13 heteroatoms. The Labute approximate surface area is 239 Å². The molecule has 3 aromatic rings. The van der Waals surface area contributed by atoms with Crippen molar-refractivity contribution >= 4 is 22.8 Å². The number of amides is 1. The molecular formula is C29H31F4N7O2. The average Bonchev–Trinajstić information content (AvgIpc) is 3.75. The van der Waals surface area contributed by atoms with E-state index in [1.165, 1.54) is 6.92 Å². The highest BCUT2D eigenvalue weighted by atomic mass is 19.4. The Bertz CT molecular complexity index is 1640. The molecule has 0 aromatic carbocycles. The smallest absolute Gasteiger partial charge is 0.418 e. The molecule has 3 fully saturated rings. The van der Waals surface area contributed by atoms with Crippen molar-refractivity contribution in [2.45, 2.75) is 77.1 Å². The zero-order chi connectivity index (χ0) is 30.3. The second-order valence-electron chi connectivity index (χ2n) is 12.5. The molecule has 0 radical (unpaired) electrons. The van der Waals surface area contributed by atoms with Crippen LogP contribution in [0.1, 0.15) is 74.6 Å². The third-order valence-electron chi connectivity index (χ3n) is 8.18. The van der Waals surface area contributed by atoms with E-state index in [1.807, 2.05) is 0 Å². The molecule has 2 N–H and O–H groups in total. The summed E-state index contributed by atoms with van der Waals surface area (Å²) in [6.07, 6.45) is -3.55. The summed E-state index contributed by atoms with van der Waals surface area (Å²) >= 11 is 0. The fraction of sp³-hybridized carbons (Fsp3) is 0.552. The highest BCUT2D eigenvalue weighted by Crippen LogP contribution is 2.60. The largest absolute Gasteiger partial charge is 0.444 e. The van der Waals surface area contributed by atoms with Gasteiger partial charge in [0.2, 0.25) is 0 Å². The molecule has 1 aliphatic heterocycles. The zero-order valence-corrected chi connectivity index (χ0v) is 23.7. The van der Waals surface area contributed by atoms with Gasteiger partial charge in [-0.25, -0.2) is 19.2 Å². The molecule has 1 saturated heterocycles. The van der Waals surface area contributed by atoms with Crippen molar-refractivity contribution in [2.24, 2.45) is 11.8 Å². The van der Waals surface area contributed by atoms with Crippen LogP contribution in [0.25, 0.3) is 22.2 Å². The summed E-state index contributed by atoms with van der Waals surface area (Å²) in [7, 11) is 0. The summed E-state index contributed by atoms with van der Waals surface area (Å²) < 4.78 is 66.2. The number of nitrogen functional groups attached to an aromatic ring is 1. The van der Waals surface area contributed by atoms with Crippen LogP contribution in [0.4, 0.5) is 28.2 Å².